The minimum Gasteiger partial charge on any atom is -0.404 e. The highest BCUT2D eigenvalue weighted by Crippen LogP contribution is 2.31. The minimum absolute atomic E-state index is 0.122. The number of nitrogens with one attached hydrogen (secondary N) is 1. The van der Waals surface area contributed by atoms with Crippen molar-refractivity contribution in [3.05, 3.63) is 24.3 Å². The maximum atomic E-state index is 12.2. The van der Waals surface area contributed by atoms with Crippen molar-refractivity contribution >= 4 is 5.69 Å². The average Bonchev–Trinajstić information content (AvgIpc) is 2.31. The van der Waals surface area contributed by atoms with Gasteiger partial charge in [-0.05, 0) is 25.0 Å². The van der Waals surface area contributed by atoms with Crippen molar-refractivity contribution in [3.8, 4) is 5.75 Å². The highest BCUT2D eigenvalue weighted by molar-refractivity contribution is 5.56. The molecule has 1 aliphatic heterocycles. The molecule has 0 aromatic heterocycles. The Kier molecular flexibility index (Phi) is 3.96. The van der Waals surface area contributed by atoms with Crippen molar-refractivity contribution in [1.29, 1.82) is 0 Å². The summed E-state index contributed by atoms with van der Waals surface area (Å²) < 4.78 is 45.9. The molecule has 0 radical (unpaired) electrons. The lowest BCUT2D eigenvalue weighted by atomic mass is 10.1. The van der Waals surface area contributed by atoms with E-state index in [2.05, 4.69) is 10.1 Å². The molecule has 0 saturated carbocycles. The fraction of sp³-hybridized carbons (Fsp3) is 0.500. The van der Waals surface area contributed by atoms with Crippen molar-refractivity contribution < 1.29 is 22.6 Å². The van der Waals surface area contributed by atoms with Gasteiger partial charge in [0.25, 0.3) is 0 Å². The van der Waals surface area contributed by atoms with Crippen LogP contribution in [0.15, 0.2) is 24.3 Å². The first-order valence-corrected chi connectivity index (χ1v) is 5.74. The first-order valence-electron chi connectivity index (χ1n) is 5.74. The van der Waals surface area contributed by atoms with Gasteiger partial charge in [0, 0.05) is 19.3 Å². The van der Waals surface area contributed by atoms with Crippen LogP contribution in [0.1, 0.15) is 12.8 Å². The number of halogens is 3. The van der Waals surface area contributed by atoms with Gasteiger partial charge in [-0.25, -0.2) is 0 Å². The molecule has 1 heterocycles. The third kappa shape index (κ3) is 3.80. The average molecular weight is 261 g/mol. The first-order chi connectivity index (χ1) is 8.54. The summed E-state index contributed by atoms with van der Waals surface area (Å²) in [6.07, 6.45) is -3.12. The van der Waals surface area contributed by atoms with Gasteiger partial charge < -0.3 is 14.8 Å². The Bertz CT molecular complexity index is 389. The molecule has 1 aliphatic rings. The standard InChI is InChI=1S/C12H14F3NO2/c13-12(14,15)18-11-4-2-1-3-10(11)16-9-5-7-17-8-6-9/h1-4,9,16H,5-8H2. The van der Waals surface area contributed by atoms with E-state index in [4.69, 9.17) is 4.74 Å². The molecule has 100 valence electrons. The Hall–Kier alpha value is -1.43. The van der Waals surface area contributed by atoms with E-state index in [0.29, 0.717) is 18.9 Å². The summed E-state index contributed by atoms with van der Waals surface area (Å²) in [5.41, 5.74) is 0.363. The summed E-state index contributed by atoms with van der Waals surface area (Å²) in [6.45, 7) is 1.25. The number of benzene rings is 1. The molecule has 0 aliphatic carbocycles. The van der Waals surface area contributed by atoms with Crippen LogP contribution >= 0.6 is 0 Å². The summed E-state index contributed by atoms with van der Waals surface area (Å²) in [5, 5.41) is 3.07. The minimum atomic E-state index is -4.67. The second-order valence-corrected chi connectivity index (χ2v) is 4.07. The maximum absolute atomic E-state index is 12.2. The molecule has 6 heteroatoms. The van der Waals surface area contributed by atoms with Crippen molar-refractivity contribution in [2.24, 2.45) is 0 Å². The molecular weight excluding hydrogens is 247 g/mol. The molecule has 0 unspecified atom stereocenters. The zero-order chi connectivity index (χ0) is 13.0. The van der Waals surface area contributed by atoms with Crippen LogP contribution in [-0.4, -0.2) is 25.6 Å². The van der Waals surface area contributed by atoms with E-state index < -0.39 is 6.36 Å². The Morgan fingerprint density at radius 2 is 1.83 bits per heavy atom. The Balaban J connectivity index is 2.06. The normalized spacial score (nSPS) is 17.5. The van der Waals surface area contributed by atoms with E-state index in [9.17, 15) is 13.2 Å². The third-order valence-corrected chi connectivity index (χ3v) is 2.69. The van der Waals surface area contributed by atoms with Gasteiger partial charge in [-0.2, -0.15) is 0 Å². The van der Waals surface area contributed by atoms with Crippen molar-refractivity contribution in [2.45, 2.75) is 25.2 Å². The summed E-state index contributed by atoms with van der Waals surface area (Å²) in [6, 6.07) is 6.18. The van der Waals surface area contributed by atoms with Crippen LogP contribution in [0.2, 0.25) is 0 Å². The molecule has 1 saturated heterocycles. The SMILES string of the molecule is FC(F)(F)Oc1ccccc1NC1CCOCC1. The fourth-order valence-electron chi connectivity index (χ4n) is 1.86. The van der Waals surface area contributed by atoms with Gasteiger partial charge in [-0.3, -0.25) is 0 Å². The highest BCUT2D eigenvalue weighted by atomic mass is 19.4. The number of ether oxygens (including phenoxy) is 2. The molecule has 18 heavy (non-hydrogen) atoms. The summed E-state index contributed by atoms with van der Waals surface area (Å²) in [5.74, 6) is -0.198. The van der Waals surface area contributed by atoms with E-state index in [1.165, 1.54) is 12.1 Å². The lowest BCUT2D eigenvalue weighted by Crippen LogP contribution is -2.28. The lowest BCUT2D eigenvalue weighted by Gasteiger charge is -2.25. The molecule has 0 bridgehead atoms. The molecule has 2 rings (SSSR count). The zero-order valence-electron chi connectivity index (χ0n) is 9.67. The smallest absolute Gasteiger partial charge is 0.404 e. The second-order valence-electron chi connectivity index (χ2n) is 4.07. The van der Waals surface area contributed by atoms with E-state index in [1.54, 1.807) is 12.1 Å². The Morgan fingerprint density at radius 3 is 2.50 bits per heavy atom. The van der Waals surface area contributed by atoms with E-state index in [-0.39, 0.29) is 11.8 Å². The van der Waals surface area contributed by atoms with Crippen LogP contribution in [0.5, 0.6) is 5.75 Å². The molecule has 0 amide bonds. The van der Waals surface area contributed by atoms with Crippen molar-refractivity contribution in [1.82, 2.24) is 0 Å². The van der Waals surface area contributed by atoms with Gasteiger partial charge in [0.2, 0.25) is 0 Å². The summed E-state index contributed by atoms with van der Waals surface area (Å²) in [4.78, 5) is 0. The molecule has 1 N–H and O–H groups in total. The molecule has 0 spiro atoms. The van der Waals surface area contributed by atoms with E-state index >= 15 is 0 Å². The number of alkyl halides is 3. The van der Waals surface area contributed by atoms with Crippen LogP contribution in [0.4, 0.5) is 18.9 Å². The first kappa shape index (κ1) is 13.0. The van der Waals surface area contributed by atoms with E-state index in [0.717, 1.165) is 12.8 Å². The van der Waals surface area contributed by atoms with Crippen LogP contribution in [0.3, 0.4) is 0 Å². The van der Waals surface area contributed by atoms with Crippen LogP contribution < -0.4 is 10.1 Å². The zero-order valence-corrected chi connectivity index (χ0v) is 9.67. The maximum Gasteiger partial charge on any atom is 0.573 e. The van der Waals surface area contributed by atoms with Crippen molar-refractivity contribution in [2.75, 3.05) is 18.5 Å². The number of hydrogen-bond donors (Lipinski definition) is 1. The van der Waals surface area contributed by atoms with Crippen LogP contribution in [0, 0.1) is 0 Å². The van der Waals surface area contributed by atoms with E-state index in [1.807, 2.05) is 0 Å². The van der Waals surface area contributed by atoms with Crippen LogP contribution in [0.25, 0.3) is 0 Å². The molecule has 1 aromatic rings. The molecule has 1 aromatic carbocycles. The number of para-hydroxylation sites is 2. The lowest BCUT2D eigenvalue weighted by molar-refractivity contribution is -0.274. The van der Waals surface area contributed by atoms with Gasteiger partial charge in [-0.1, -0.05) is 12.1 Å². The molecule has 3 nitrogen and oxygen atoms in total. The largest absolute Gasteiger partial charge is 0.573 e. The molecule has 0 atom stereocenters. The molecule has 1 fully saturated rings. The quantitative estimate of drug-likeness (QED) is 0.906. The Labute approximate surface area is 103 Å². The predicted octanol–water partition coefficient (Wildman–Crippen LogP) is 3.18. The van der Waals surface area contributed by atoms with Gasteiger partial charge in [0.05, 0.1) is 5.69 Å². The molecular formula is C12H14F3NO2. The van der Waals surface area contributed by atoms with Crippen LogP contribution in [-0.2, 0) is 4.74 Å². The summed E-state index contributed by atoms with van der Waals surface area (Å²) in [7, 11) is 0. The van der Waals surface area contributed by atoms with Gasteiger partial charge in [0.15, 0.2) is 5.75 Å². The topological polar surface area (TPSA) is 30.5 Å². The number of anilines is 1. The highest BCUT2D eigenvalue weighted by Gasteiger charge is 2.32. The van der Waals surface area contributed by atoms with Gasteiger partial charge >= 0.3 is 6.36 Å². The summed E-state index contributed by atoms with van der Waals surface area (Å²) >= 11 is 0. The third-order valence-electron chi connectivity index (χ3n) is 2.69. The monoisotopic (exact) mass is 261 g/mol. The predicted molar refractivity (Wildman–Crippen MR) is 60.6 cm³/mol. The fourth-order valence-corrected chi connectivity index (χ4v) is 1.86. The van der Waals surface area contributed by atoms with Crippen molar-refractivity contribution in [3.63, 3.8) is 0 Å². The number of rotatable bonds is 3. The number of hydrogen-bond acceptors (Lipinski definition) is 3. The Morgan fingerprint density at radius 1 is 1.17 bits per heavy atom. The second kappa shape index (κ2) is 5.48. The van der Waals surface area contributed by atoms with Gasteiger partial charge in [0.1, 0.15) is 0 Å². The van der Waals surface area contributed by atoms with Gasteiger partial charge in [-0.15, -0.1) is 13.2 Å².